The highest BCUT2D eigenvalue weighted by atomic mass is 35.5. The van der Waals surface area contributed by atoms with E-state index in [1.807, 2.05) is 0 Å². The summed E-state index contributed by atoms with van der Waals surface area (Å²) in [6.07, 6.45) is 3.10. The summed E-state index contributed by atoms with van der Waals surface area (Å²) in [6.45, 7) is 6.64. The van der Waals surface area contributed by atoms with Gasteiger partial charge in [0, 0.05) is 18.3 Å². The Labute approximate surface area is 114 Å². The van der Waals surface area contributed by atoms with Crippen LogP contribution in [0, 0.1) is 6.92 Å². The minimum absolute atomic E-state index is 0.523. The van der Waals surface area contributed by atoms with E-state index >= 15 is 0 Å². The lowest BCUT2D eigenvalue weighted by Gasteiger charge is -2.19. The number of para-hydroxylation sites is 1. The van der Waals surface area contributed by atoms with Crippen LogP contribution in [-0.2, 0) is 6.42 Å². The van der Waals surface area contributed by atoms with Crippen LogP contribution in [0.2, 0.25) is 0 Å². The van der Waals surface area contributed by atoms with Crippen molar-refractivity contribution in [3.8, 4) is 0 Å². The Kier molecular flexibility index (Phi) is 4.28. The van der Waals surface area contributed by atoms with Gasteiger partial charge in [-0.15, -0.1) is 11.6 Å². The molecule has 0 spiro atoms. The van der Waals surface area contributed by atoms with Gasteiger partial charge in [0.25, 0.3) is 0 Å². The molecule has 2 nitrogen and oxygen atoms in total. The van der Waals surface area contributed by atoms with Gasteiger partial charge in [-0.25, -0.2) is 4.98 Å². The van der Waals surface area contributed by atoms with Crippen LogP contribution in [0.25, 0.3) is 11.0 Å². The summed E-state index contributed by atoms with van der Waals surface area (Å²) in [7, 11) is 0. The quantitative estimate of drug-likeness (QED) is 0.728. The first-order chi connectivity index (χ1) is 8.72. The molecule has 0 fully saturated rings. The molecule has 3 heteroatoms. The number of imidazole rings is 1. The minimum Gasteiger partial charge on any atom is -0.325 e. The molecule has 1 aromatic heterocycles. The lowest BCUT2D eigenvalue weighted by Crippen LogP contribution is -2.12. The molecule has 0 atom stereocenters. The SMILES string of the molecule is CCC(CC)n1c(CCCl)nc2cccc(C)c21. The van der Waals surface area contributed by atoms with Crippen LogP contribution < -0.4 is 0 Å². The zero-order chi connectivity index (χ0) is 13.1. The second-order valence-electron chi connectivity index (χ2n) is 4.75. The van der Waals surface area contributed by atoms with Crippen LogP contribution in [0.3, 0.4) is 0 Å². The number of nitrogens with zero attached hydrogens (tertiary/aromatic N) is 2. The maximum atomic E-state index is 5.91. The fourth-order valence-electron chi connectivity index (χ4n) is 2.68. The summed E-state index contributed by atoms with van der Waals surface area (Å²) in [4.78, 5) is 4.76. The highest BCUT2D eigenvalue weighted by Crippen LogP contribution is 2.28. The zero-order valence-electron chi connectivity index (χ0n) is 11.4. The Morgan fingerprint density at radius 3 is 2.61 bits per heavy atom. The number of aryl methyl sites for hydroxylation is 2. The van der Waals surface area contributed by atoms with Crippen molar-refractivity contribution in [2.75, 3.05) is 5.88 Å². The molecule has 0 amide bonds. The van der Waals surface area contributed by atoms with Gasteiger partial charge in [0.05, 0.1) is 11.0 Å². The van der Waals surface area contributed by atoms with Crippen LogP contribution in [0.4, 0.5) is 0 Å². The van der Waals surface area contributed by atoms with E-state index in [0.29, 0.717) is 11.9 Å². The number of rotatable bonds is 5. The topological polar surface area (TPSA) is 17.8 Å². The molecule has 2 rings (SSSR count). The predicted octanol–water partition coefficient (Wildman–Crippen LogP) is 4.49. The van der Waals surface area contributed by atoms with E-state index in [1.165, 1.54) is 11.1 Å². The van der Waals surface area contributed by atoms with Crippen molar-refractivity contribution in [2.24, 2.45) is 0 Å². The maximum Gasteiger partial charge on any atom is 0.111 e. The standard InChI is InChI=1S/C15H21ClN2/c1-4-12(5-2)18-14(9-10-16)17-13-8-6-7-11(3)15(13)18/h6-8,12H,4-5,9-10H2,1-3H3. The molecule has 18 heavy (non-hydrogen) atoms. The highest BCUT2D eigenvalue weighted by molar-refractivity contribution is 6.17. The molecule has 0 N–H and O–H groups in total. The van der Waals surface area contributed by atoms with Crippen LogP contribution in [-0.4, -0.2) is 15.4 Å². The first kappa shape index (κ1) is 13.4. The van der Waals surface area contributed by atoms with Crippen molar-refractivity contribution in [3.63, 3.8) is 0 Å². The number of hydrogen-bond donors (Lipinski definition) is 0. The van der Waals surface area contributed by atoms with Gasteiger partial charge in [0.15, 0.2) is 0 Å². The van der Waals surface area contributed by atoms with Gasteiger partial charge in [-0.1, -0.05) is 26.0 Å². The number of aromatic nitrogens is 2. The van der Waals surface area contributed by atoms with E-state index in [-0.39, 0.29) is 0 Å². The maximum absolute atomic E-state index is 5.91. The molecular formula is C15H21ClN2. The first-order valence-electron chi connectivity index (χ1n) is 6.75. The van der Waals surface area contributed by atoms with Gasteiger partial charge >= 0.3 is 0 Å². The fraction of sp³-hybridized carbons (Fsp3) is 0.533. The number of alkyl halides is 1. The lowest BCUT2D eigenvalue weighted by atomic mass is 10.1. The molecule has 0 bridgehead atoms. The molecule has 0 saturated heterocycles. The third-order valence-electron chi connectivity index (χ3n) is 3.61. The molecule has 1 heterocycles. The van der Waals surface area contributed by atoms with Gasteiger partial charge in [-0.05, 0) is 31.4 Å². The molecule has 2 aromatic rings. The van der Waals surface area contributed by atoms with E-state index in [9.17, 15) is 0 Å². The van der Waals surface area contributed by atoms with Crippen molar-refractivity contribution in [2.45, 2.75) is 46.1 Å². The summed E-state index contributed by atoms with van der Waals surface area (Å²) in [5.41, 5.74) is 3.68. The average Bonchev–Trinajstić information content (AvgIpc) is 2.72. The molecule has 0 unspecified atom stereocenters. The molecular weight excluding hydrogens is 244 g/mol. The Morgan fingerprint density at radius 2 is 2.00 bits per heavy atom. The Bertz CT molecular complexity index is 527. The minimum atomic E-state index is 0.523. The fourth-order valence-corrected chi connectivity index (χ4v) is 2.85. The van der Waals surface area contributed by atoms with Gasteiger partial charge in [0.1, 0.15) is 5.82 Å². The van der Waals surface area contributed by atoms with Gasteiger partial charge in [0.2, 0.25) is 0 Å². The second-order valence-corrected chi connectivity index (χ2v) is 5.13. The normalized spacial score (nSPS) is 11.6. The Morgan fingerprint density at radius 1 is 1.28 bits per heavy atom. The monoisotopic (exact) mass is 264 g/mol. The van der Waals surface area contributed by atoms with E-state index in [2.05, 4.69) is 43.5 Å². The van der Waals surface area contributed by atoms with Crippen molar-refractivity contribution < 1.29 is 0 Å². The molecule has 0 radical (unpaired) electrons. The summed E-state index contributed by atoms with van der Waals surface area (Å²) in [5.74, 6) is 1.76. The molecule has 0 aliphatic carbocycles. The van der Waals surface area contributed by atoms with E-state index in [0.717, 1.165) is 30.6 Å². The average molecular weight is 265 g/mol. The highest BCUT2D eigenvalue weighted by Gasteiger charge is 2.17. The number of fused-ring (bicyclic) bond motifs is 1. The first-order valence-corrected chi connectivity index (χ1v) is 7.28. The van der Waals surface area contributed by atoms with E-state index < -0.39 is 0 Å². The third kappa shape index (κ3) is 2.26. The lowest BCUT2D eigenvalue weighted by molar-refractivity contribution is 0.468. The second kappa shape index (κ2) is 5.75. The molecule has 0 saturated carbocycles. The van der Waals surface area contributed by atoms with Crippen LogP contribution in [0.15, 0.2) is 18.2 Å². The molecule has 98 valence electrons. The van der Waals surface area contributed by atoms with Crippen molar-refractivity contribution in [1.29, 1.82) is 0 Å². The van der Waals surface area contributed by atoms with Gasteiger partial charge in [-0.3, -0.25) is 0 Å². The third-order valence-corrected chi connectivity index (χ3v) is 3.80. The Balaban J connectivity index is 2.67. The largest absolute Gasteiger partial charge is 0.325 e. The number of benzene rings is 1. The van der Waals surface area contributed by atoms with Gasteiger partial charge in [-0.2, -0.15) is 0 Å². The smallest absolute Gasteiger partial charge is 0.111 e. The zero-order valence-corrected chi connectivity index (χ0v) is 12.2. The van der Waals surface area contributed by atoms with Crippen molar-refractivity contribution >= 4 is 22.6 Å². The van der Waals surface area contributed by atoms with Crippen molar-refractivity contribution in [1.82, 2.24) is 9.55 Å². The number of halogens is 1. The van der Waals surface area contributed by atoms with E-state index in [4.69, 9.17) is 16.6 Å². The molecule has 0 aliphatic rings. The Hall–Kier alpha value is -1.02. The summed E-state index contributed by atoms with van der Waals surface area (Å²) in [6, 6.07) is 6.85. The van der Waals surface area contributed by atoms with Crippen LogP contribution in [0.5, 0.6) is 0 Å². The number of hydrogen-bond acceptors (Lipinski definition) is 1. The predicted molar refractivity (Wildman–Crippen MR) is 78.5 cm³/mol. The van der Waals surface area contributed by atoms with Crippen LogP contribution >= 0.6 is 11.6 Å². The molecule has 0 aliphatic heterocycles. The summed E-state index contributed by atoms with van der Waals surface area (Å²) >= 11 is 5.91. The van der Waals surface area contributed by atoms with Crippen LogP contribution in [0.1, 0.15) is 44.1 Å². The van der Waals surface area contributed by atoms with Crippen molar-refractivity contribution in [3.05, 3.63) is 29.6 Å². The summed E-state index contributed by atoms with van der Waals surface area (Å²) < 4.78 is 2.41. The summed E-state index contributed by atoms with van der Waals surface area (Å²) in [5, 5.41) is 0. The molecule has 1 aromatic carbocycles. The van der Waals surface area contributed by atoms with E-state index in [1.54, 1.807) is 0 Å². The van der Waals surface area contributed by atoms with Gasteiger partial charge < -0.3 is 4.57 Å².